The van der Waals surface area contributed by atoms with Crippen LogP contribution in [0.3, 0.4) is 0 Å². The fraction of sp³-hybridized carbons (Fsp3) is 0.615. The van der Waals surface area contributed by atoms with Gasteiger partial charge in [-0.05, 0) is 25.3 Å². The van der Waals surface area contributed by atoms with Crippen LogP contribution < -0.4 is 5.32 Å². The second-order valence-electron chi connectivity index (χ2n) is 4.69. The molecule has 108 valence electrons. The van der Waals surface area contributed by atoms with Gasteiger partial charge in [-0.15, -0.1) is 0 Å². The average Bonchev–Trinajstić information content (AvgIpc) is 2.82. The third-order valence-corrected chi connectivity index (χ3v) is 3.59. The molecule has 1 unspecified atom stereocenters. The highest BCUT2D eigenvalue weighted by Gasteiger charge is 2.21. The van der Waals surface area contributed by atoms with Crippen molar-refractivity contribution in [1.29, 1.82) is 0 Å². The first-order valence-corrected chi connectivity index (χ1v) is 7.53. The summed E-state index contributed by atoms with van der Waals surface area (Å²) in [4.78, 5) is 12.1. The van der Waals surface area contributed by atoms with E-state index in [4.69, 9.17) is 4.74 Å². The van der Waals surface area contributed by atoms with E-state index >= 15 is 0 Å². The lowest BCUT2D eigenvalue weighted by Crippen LogP contribution is -2.42. The molecule has 6 heteroatoms. The maximum Gasteiger partial charge on any atom is 0.268 e. The van der Waals surface area contributed by atoms with Gasteiger partial charge in [0.05, 0.1) is 12.2 Å². The number of ether oxygens (including phenoxy) is 1. The van der Waals surface area contributed by atoms with Gasteiger partial charge in [0, 0.05) is 32.1 Å². The Labute approximate surface area is 118 Å². The lowest BCUT2D eigenvalue weighted by atomic mass is 10.1. The number of rotatable bonds is 8. The lowest BCUT2D eigenvalue weighted by Gasteiger charge is -2.22. The van der Waals surface area contributed by atoms with Crippen molar-refractivity contribution in [3.8, 4) is 0 Å². The Hall–Kier alpha value is -0.980. The van der Waals surface area contributed by atoms with Crippen molar-refractivity contribution >= 4 is 17.7 Å². The molecule has 1 aromatic rings. The number of carbonyl (C=O) groups is 1. The molecular formula is C13H22N2O3S. The van der Waals surface area contributed by atoms with Crippen molar-refractivity contribution in [2.45, 2.75) is 19.1 Å². The third-order valence-electron chi connectivity index (χ3n) is 2.68. The molecule has 0 radical (unpaired) electrons. The number of nitrogens with zero attached hydrogens (tertiary/aromatic N) is 1. The normalized spacial score (nSPS) is 14.1. The highest BCUT2D eigenvalue weighted by atomic mass is 32.2. The number of aliphatic hydroxyl groups is 1. The van der Waals surface area contributed by atoms with Crippen molar-refractivity contribution in [2.24, 2.45) is 0 Å². The Balaban J connectivity index is 2.56. The summed E-state index contributed by atoms with van der Waals surface area (Å²) in [5.41, 5.74) is -0.309. The third kappa shape index (κ3) is 5.26. The van der Waals surface area contributed by atoms with Gasteiger partial charge in [-0.2, -0.15) is 11.8 Å². The van der Waals surface area contributed by atoms with Crippen LogP contribution in [0, 0.1) is 0 Å². The second kappa shape index (κ2) is 7.57. The molecule has 0 bridgehead atoms. The number of amides is 1. The molecule has 5 nitrogen and oxygen atoms in total. The van der Waals surface area contributed by atoms with E-state index in [-0.39, 0.29) is 12.5 Å². The first kappa shape index (κ1) is 16.1. The fourth-order valence-corrected chi connectivity index (χ4v) is 2.45. The molecule has 0 spiro atoms. The van der Waals surface area contributed by atoms with E-state index in [9.17, 15) is 9.90 Å². The number of nitrogens with one attached hydrogen (secondary N) is 1. The van der Waals surface area contributed by atoms with Gasteiger partial charge in [-0.25, -0.2) is 0 Å². The van der Waals surface area contributed by atoms with E-state index in [1.54, 1.807) is 31.9 Å². The van der Waals surface area contributed by atoms with Gasteiger partial charge in [0.2, 0.25) is 0 Å². The predicted molar refractivity (Wildman–Crippen MR) is 77.6 cm³/mol. The molecule has 0 fully saturated rings. The topological polar surface area (TPSA) is 63.5 Å². The smallest absolute Gasteiger partial charge is 0.268 e. The molecule has 0 aliphatic carbocycles. The summed E-state index contributed by atoms with van der Waals surface area (Å²) in [6.45, 7) is 3.14. The number of thioether (sulfide) groups is 1. The number of aromatic nitrogens is 1. The van der Waals surface area contributed by atoms with Crippen molar-refractivity contribution in [2.75, 3.05) is 32.3 Å². The molecule has 1 aromatic heterocycles. The SMILES string of the molecule is COCCn1cccc1C(=O)NCC(C)(O)CSC. The summed E-state index contributed by atoms with van der Waals surface area (Å²) >= 11 is 1.55. The monoisotopic (exact) mass is 286 g/mol. The molecule has 1 rings (SSSR count). The zero-order valence-corrected chi connectivity index (χ0v) is 12.5. The molecule has 0 aliphatic heterocycles. The number of hydrogen-bond acceptors (Lipinski definition) is 4. The average molecular weight is 286 g/mol. The van der Waals surface area contributed by atoms with Gasteiger partial charge in [0.25, 0.3) is 5.91 Å². The molecule has 0 saturated heterocycles. The van der Waals surface area contributed by atoms with Crippen LogP contribution in [0.4, 0.5) is 0 Å². The van der Waals surface area contributed by atoms with Crippen molar-refractivity contribution < 1.29 is 14.6 Å². The van der Waals surface area contributed by atoms with Gasteiger partial charge < -0.3 is 19.7 Å². The first-order chi connectivity index (χ1) is 9.00. The summed E-state index contributed by atoms with van der Waals surface area (Å²) in [7, 11) is 1.63. The molecule has 0 saturated carbocycles. The Bertz CT molecular complexity index is 404. The summed E-state index contributed by atoms with van der Waals surface area (Å²) in [6, 6.07) is 3.58. The van der Waals surface area contributed by atoms with Crippen LogP contribution in [0.15, 0.2) is 18.3 Å². The quantitative estimate of drug-likeness (QED) is 0.748. The van der Waals surface area contributed by atoms with Gasteiger partial charge in [-0.3, -0.25) is 4.79 Å². The minimum absolute atomic E-state index is 0.178. The summed E-state index contributed by atoms with van der Waals surface area (Å²) in [6.07, 6.45) is 3.76. The predicted octanol–water partition coefficient (Wildman–Crippen LogP) is 0.978. The van der Waals surface area contributed by atoms with Gasteiger partial charge in [0.1, 0.15) is 5.69 Å². The van der Waals surface area contributed by atoms with Crippen LogP contribution in [0.5, 0.6) is 0 Å². The van der Waals surface area contributed by atoms with Crippen molar-refractivity contribution in [3.05, 3.63) is 24.0 Å². The zero-order valence-electron chi connectivity index (χ0n) is 11.7. The second-order valence-corrected chi connectivity index (χ2v) is 5.56. The van der Waals surface area contributed by atoms with Crippen LogP contribution in [0.25, 0.3) is 0 Å². The largest absolute Gasteiger partial charge is 0.387 e. The molecule has 0 aromatic carbocycles. The van der Waals surface area contributed by atoms with E-state index in [1.165, 1.54) is 0 Å². The maximum absolute atomic E-state index is 12.1. The number of carbonyl (C=O) groups excluding carboxylic acids is 1. The number of hydrogen-bond donors (Lipinski definition) is 2. The molecule has 19 heavy (non-hydrogen) atoms. The van der Waals surface area contributed by atoms with Crippen molar-refractivity contribution in [3.63, 3.8) is 0 Å². The zero-order chi connectivity index (χ0) is 14.3. The van der Waals surface area contributed by atoms with Crippen LogP contribution in [0.2, 0.25) is 0 Å². The van der Waals surface area contributed by atoms with E-state index in [0.717, 1.165) is 0 Å². The molecule has 1 heterocycles. The standard InChI is InChI=1S/C13H22N2O3S/c1-13(17,10-19-3)9-14-12(16)11-5-4-6-15(11)7-8-18-2/h4-6,17H,7-10H2,1-3H3,(H,14,16). The molecule has 1 atom stereocenters. The highest BCUT2D eigenvalue weighted by Crippen LogP contribution is 2.10. The highest BCUT2D eigenvalue weighted by molar-refractivity contribution is 7.98. The van der Waals surface area contributed by atoms with Gasteiger partial charge in [-0.1, -0.05) is 0 Å². The van der Waals surface area contributed by atoms with Crippen LogP contribution in [-0.4, -0.2) is 53.5 Å². The minimum atomic E-state index is -0.890. The molecular weight excluding hydrogens is 264 g/mol. The van der Waals surface area contributed by atoms with Gasteiger partial charge in [0.15, 0.2) is 0 Å². The molecule has 1 amide bonds. The Morgan fingerprint density at radius 3 is 3.00 bits per heavy atom. The van der Waals surface area contributed by atoms with E-state index in [1.807, 2.05) is 23.1 Å². The maximum atomic E-state index is 12.1. The Kier molecular flexibility index (Phi) is 6.41. The van der Waals surface area contributed by atoms with Crippen molar-refractivity contribution in [1.82, 2.24) is 9.88 Å². The lowest BCUT2D eigenvalue weighted by molar-refractivity contribution is 0.0718. The van der Waals surface area contributed by atoms with Crippen LogP contribution in [0.1, 0.15) is 17.4 Å². The molecule has 2 N–H and O–H groups in total. The number of methoxy groups -OCH3 is 1. The molecule has 0 aliphatic rings. The summed E-state index contributed by atoms with van der Waals surface area (Å²) in [5, 5.41) is 12.8. The first-order valence-electron chi connectivity index (χ1n) is 6.14. The van der Waals surface area contributed by atoms with E-state index in [0.29, 0.717) is 24.6 Å². The van der Waals surface area contributed by atoms with E-state index < -0.39 is 5.60 Å². The Morgan fingerprint density at radius 2 is 2.37 bits per heavy atom. The summed E-state index contributed by atoms with van der Waals surface area (Å²) in [5.74, 6) is 0.403. The van der Waals surface area contributed by atoms with E-state index in [2.05, 4.69) is 5.32 Å². The van der Waals surface area contributed by atoms with Gasteiger partial charge >= 0.3 is 0 Å². The fourth-order valence-electron chi connectivity index (χ4n) is 1.73. The minimum Gasteiger partial charge on any atom is -0.387 e. The summed E-state index contributed by atoms with van der Waals surface area (Å²) < 4.78 is 6.84. The van der Waals surface area contributed by atoms with Crippen LogP contribution >= 0.6 is 11.8 Å². The van der Waals surface area contributed by atoms with Crippen LogP contribution in [-0.2, 0) is 11.3 Å². The Morgan fingerprint density at radius 1 is 1.63 bits per heavy atom.